The monoisotopic (exact) mass is 313 g/mol. The van der Waals surface area contributed by atoms with Crippen LogP contribution in [0.5, 0.6) is 0 Å². The van der Waals surface area contributed by atoms with E-state index in [0.29, 0.717) is 26.1 Å². The molecule has 0 radical (unpaired) electrons. The summed E-state index contributed by atoms with van der Waals surface area (Å²) >= 11 is 0. The van der Waals surface area contributed by atoms with Gasteiger partial charge in [-0.25, -0.2) is 8.42 Å². The number of sulfone groups is 1. The van der Waals surface area contributed by atoms with E-state index < -0.39 is 14.8 Å². The van der Waals surface area contributed by atoms with Gasteiger partial charge in [0.1, 0.15) is 0 Å². The largest absolute Gasteiger partial charge is 0.388 e. The molecule has 1 aliphatic heterocycles. The van der Waals surface area contributed by atoms with E-state index >= 15 is 0 Å². The summed E-state index contributed by atoms with van der Waals surface area (Å²) < 4.78 is 23.2. The van der Waals surface area contributed by atoms with Crippen LogP contribution >= 0.6 is 0 Å². The molecule has 0 atom stereocenters. The summed E-state index contributed by atoms with van der Waals surface area (Å²) in [5.41, 5.74) is 1.69. The van der Waals surface area contributed by atoms with Gasteiger partial charge in [-0.3, -0.25) is 15.0 Å². The molecule has 1 aromatic carbocycles. The first-order valence-electron chi connectivity index (χ1n) is 6.79. The molecule has 0 unspecified atom stereocenters. The molecule has 2 rings (SSSR count). The Morgan fingerprint density at radius 2 is 2.10 bits per heavy atom. The number of hydrogen-bond acceptors (Lipinski definition) is 6. The second kappa shape index (κ2) is 6.40. The first kappa shape index (κ1) is 15.7. The molecule has 0 aromatic heterocycles. The van der Waals surface area contributed by atoms with Gasteiger partial charge in [-0.15, -0.1) is 0 Å². The fourth-order valence-electron chi connectivity index (χ4n) is 2.46. The number of nitrogens with one attached hydrogen (secondary N) is 1. The zero-order valence-electron chi connectivity index (χ0n) is 11.9. The predicted octanol–water partition coefficient (Wildman–Crippen LogP) is 1.26. The number of nitrogens with zero attached hydrogens (tertiary/aromatic N) is 2. The minimum Gasteiger partial charge on any atom is -0.388 e. The van der Waals surface area contributed by atoms with Crippen molar-refractivity contribution in [2.75, 3.05) is 37.0 Å². The van der Waals surface area contributed by atoms with Gasteiger partial charge in [0.15, 0.2) is 9.84 Å². The Labute approximate surface area is 124 Å². The van der Waals surface area contributed by atoms with Crippen molar-refractivity contribution >= 4 is 21.2 Å². The number of benzene rings is 1. The normalized spacial score (nSPS) is 18.9. The van der Waals surface area contributed by atoms with Crippen LogP contribution < -0.4 is 5.32 Å². The van der Waals surface area contributed by atoms with E-state index in [1.165, 1.54) is 6.07 Å². The van der Waals surface area contributed by atoms with E-state index in [1.807, 2.05) is 4.90 Å². The molecule has 7 nitrogen and oxygen atoms in total. The van der Waals surface area contributed by atoms with Crippen molar-refractivity contribution in [2.45, 2.75) is 13.0 Å². The molecule has 21 heavy (non-hydrogen) atoms. The summed E-state index contributed by atoms with van der Waals surface area (Å²) in [6.45, 7) is 1.66. The molecular formula is C13H19N3O4S. The number of non-ortho nitro benzene ring substituents is 1. The van der Waals surface area contributed by atoms with Gasteiger partial charge in [-0.1, -0.05) is 0 Å². The molecule has 1 heterocycles. The second-order valence-electron chi connectivity index (χ2n) is 5.13. The molecule has 1 fully saturated rings. The van der Waals surface area contributed by atoms with Crippen molar-refractivity contribution in [1.82, 2.24) is 4.90 Å². The van der Waals surface area contributed by atoms with E-state index in [2.05, 4.69) is 5.32 Å². The molecule has 1 aliphatic rings. The Morgan fingerprint density at radius 1 is 1.33 bits per heavy atom. The minimum atomic E-state index is -2.95. The standard InChI is InChI=1S/C13H19N3O4S/c1-14-13-4-3-12(16(17)18)9-11(13)10-15-5-2-7-21(19,20)8-6-15/h3-4,9,14H,2,5-8,10H2,1H3. The van der Waals surface area contributed by atoms with Crippen LogP contribution in [-0.2, 0) is 16.4 Å². The summed E-state index contributed by atoms with van der Waals surface area (Å²) in [5.74, 6) is 0.369. The Bertz CT molecular complexity index is 630. The van der Waals surface area contributed by atoms with Crippen LogP contribution in [0.15, 0.2) is 18.2 Å². The Kier molecular flexibility index (Phi) is 4.79. The van der Waals surface area contributed by atoms with E-state index in [1.54, 1.807) is 19.2 Å². The van der Waals surface area contributed by atoms with Crippen molar-refractivity contribution in [1.29, 1.82) is 0 Å². The summed E-state index contributed by atoms with van der Waals surface area (Å²) in [6.07, 6.45) is 0.603. The summed E-state index contributed by atoms with van der Waals surface area (Å²) in [7, 11) is -1.19. The highest BCUT2D eigenvalue weighted by molar-refractivity contribution is 7.91. The number of hydrogen-bond donors (Lipinski definition) is 1. The minimum absolute atomic E-state index is 0.0476. The van der Waals surface area contributed by atoms with Gasteiger partial charge >= 0.3 is 0 Å². The third-order valence-electron chi connectivity index (χ3n) is 3.61. The lowest BCUT2D eigenvalue weighted by atomic mass is 10.1. The van der Waals surface area contributed by atoms with Crippen LogP contribution in [0.25, 0.3) is 0 Å². The van der Waals surface area contributed by atoms with Gasteiger partial charge < -0.3 is 5.32 Å². The smallest absolute Gasteiger partial charge is 0.269 e. The maximum Gasteiger partial charge on any atom is 0.269 e. The van der Waals surface area contributed by atoms with Crippen LogP contribution in [0.4, 0.5) is 11.4 Å². The highest BCUT2D eigenvalue weighted by atomic mass is 32.2. The number of nitro benzene ring substituents is 1. The maximum absolute atomic E-state index is 11.6. The predicted molar refractivity (Wildman–Crippen MR) is 81.2 cm³/mol. The van der Waals surface area contributed by atoms with Gasteiger partial charge in [-0.05, 0) is 24.6 Å². The quantitative estimate of drug-likeness (QED) is 0.664. The van der Waals surface area contributed by atoms with Crippen molar-refractivity contribution in [3.63, 3.8) is 0 Å². The van der Waals surface area contributed by atoms with Crippen LogP contribution in [0.2, 0.25) is 0 Å². The molecule has 0 spiro atoms. The molecule has 1 aromatic rings. The van der Waals surface area contributed by atoms with Crippen LogP contribution in [0, 0.1) is 10.1 Å². The van der Waals surface area contributed by atoms with Crippen molar-refractivity contribution in [2.24, 2.45) is 0 Å². The lowest BCUT2D eigenvalue weighted by Gasteiger charge is -2.20. The molecule has 0 amide bonds. The summed E-state index contributed by atoms with van der Waals surface area (Å²) in [6, 6.07) is 4.69. The van der Waals surface area contributed by atoms with Gasteiger partial charge in [-0.2, -0.15) is 0 Å². The van der Waals surface area contributed by atoms with Gasteiger partial charge in [0, 0.05) is 38.0 Å². The molecule has 0 bridgehead atoms. The maximum atomic E-state index is 11.6. The number of anilines is 1. The SMILES string of the molecule is CNc1ccc([N+](=O)[O-])cc1CN1CCCS(=O)(=O)CC1. The lowest BCUT2D eigenvalue weighted by molar-refractivity contribution is -0.384. The second-order valence-corrected chi connectivity index (χ2v) is 7.43. The highest BCUT2D eigenvalue weighted by Gasteiger charge is 2.20. The molecule has 1 saturated heterocycles. The molecule has 116 valence electrons. The Balaban J connectivity index is 2.18. The number of rotatable bonds is 4. The summed E-state index contributed by atoms with van der Waals surface area (Å²) in [5, 5.41) is 13.9. The van der Waals surface area contributed by atoms with Gasteiger partial charge in [0.25, 0.3) is 5.69 Å². The fraction of sp³-hybridized carbons (Fsp3) is 0.538. The fourth-order valence-corrected chi connectivity index (χ4v) is 3.77. The van der Waals surface area contributed by atoms with Crippen molar-refractivity contribution in [3.05, 3.63) is 33.9 Å². The number of nitro groups is 1. The molecule has 0 saturated carbocycles. The first-order chi connectivity index (χ1) is 9.91. The Morgan fingerprint density at radius 3 is 2.76 bits per heavy atom. The van der Waals surface area contributed by atoms with Gasteiger partial charge in [0.2, 0.25) is 0 Å². The topological polar surface area (TPSA) is 92.6 Å². The lowest BCUT2D eigenvalue weighted by Crippen LogP contribution is -2.27. The molecule has 1 N–H and O–H groups in total. The highest BCUT2D eigenvalue weighted by Crippen LogP contribution is 2.23. The van der Waals surface area contributed by atoms with E-state index in [4.69, 9.17) is 0 Å². The van der Waals surface area contributed by atoms with E-state index in [9.17, 15) is 18.5 Å². The molecular weight excluding hydrogens is 294 g/mol. The zero-order valence-corrected chi connectivity index (χ0v) is 12.7. The molecule has 8 heteroatoms. The summed E-state index contributed by atoms with van der Waals surface area (Å²) in [4.78, 5) is 12.5. The average Bonchev–Trinajstić information content (AvgIpc) is 2.60. The zero-order chi connectivity index (χ0) is 15.5. The van der Waals surface area contributed by atoms with Crippen molar-refractivity contribution in [3.8, 4) is 0 Å². The van der Waals surface area contributed by atoms with Gasteiger partial charge in [0.05, 0.1) is 16.4 Å². The van der Waals surface area contributed by atoms with E-state index in [-0.39, 0.29) is 17.2 Å². The van der Waals surface area contributed by atoms with Crippen LogP contribution in [-0.4, -0.2) is 49.9 Å². The van der Waals surface area contributed by atoms with Crippen LogP contribution in [0.3, 0.4) is 0 Å². The van der Waals surface area contributed by atoms with Crippen molar-refractivity contribution < 1.29 is 13.3 Å². The third kappa shape index (κ3) is 4.15. The third-order valence-corrected chi connectivity index (χ3v) is 5.33. The Hall–Kier alpha value is -1.67. The molecule has 0 aliphatic carbocycles. The average molecular weight is 313 g/mol. The van der Waals surface area contributed by atoms with Crippen LogP contribution in [0.1, 0.15) is 12.0 Å². The first-order valence-corrected chi connectivity index (χ1v) is 8.61. The van der Waals surface area contributed by atoms with E-state index in [0.717, 1.165) is 11.3 Å².